The van der Waals surface area contributed by atoms with Gasteiger partial charge in [-0.3, -0.25) is 4.90 Å². The third kappa shape index (κ3) is 6.74. The maximum atomic E-state index is 13.7. The number of amides is 1. The van der Waals surface area contributed by atoms with Crippen LogP contribution in [0.3, 0.4) is 0 Å². The number of aryl methyl sites for hydroxylation is 1. The topological polar surface area (TPSA) is 87.2 Å². The van der Waals surface area contributed by atoms with Crippen molar-refractivity contribution in [1.82, 2.24) is 20.6 Å². The number of carbonyl (C=O) groups is 1. The van der Waals surface area contributed by atoms with E-state index in [0.29, 0.717) is 49.2 Å². The fourth-order valence-electron chi connectivity index (χ4n) is 6.59. The van der Waals surface area contributed by atoms with Crippen molar-refractivity contribution in [2.75, 3.05) is 16.3 Å². The van der Waals surface area contributed by atoms with Crippen LogP contribution in [0.4, 0.5) is 42.8 Å². The van der Waals surface area contributed by atoms with E-state index < -0.39 is 35.6 Å². The van der Waals surface area contributed by atoms with Gasteiger partial charge in [0.15, 0.2) is 0 Å². The number of ether oxygens (including phenoxy) is 1. The van der Waals surface area contributed by atoms with Crippen LogP contribution >= 0.6 is 0 Å². The molecule has 3 aromatic rings. The highest BCUT2D eigenvalue weighted by molar-refractivity contribution is 5.91. The van der Waals surface area contributed by atoms with Gasteiger partial charge in [-0.05, 0) is 103 Å². The van der Waals surface area contributed by atoms with Crippen LogP contribution in [0.2, 0.25) is 0 Å². The summed E-state index contributed by atoms with van der Waals surface area (Å²) in [6.07, 6.45) is -6.67. The number of rotatable bonds is 7. The van der Waals surface area contributed by atoms with E-state index in [9.17, 15) is 31.1 Å². The highest BCUT2D eigenvalue weighted by Gasteiger charge is 2.39. The molecule has 45 heavy (non-hydrogen) atoms. The van der Waals surface area contributed by atoms with Gasteiger partial charge in [-0.25, -0.2) is 4.79 Å². The van der Waals surface area contributed by atoms with E-state index in [4.69, 9.17) is 4.74 Å². The molecule has 0 saturated heterocycles. The van der Waals surface area contributed by atoms with E-state index in [0.717, 1.165) is 36.0 Å². The van der Waals surface area contributed by atoms with Crippen LogP contribution in [0.5, 0.6) is 0 Å². The van der Waals surface area contributed by atoms with E-state index >= 15 is 0 Å². The van der Waals surface area contributed by atoms with Crippen LogP contribution in [-0.4, -0.2) is 39.4 Å². The Kier molecular flexibility index (Phi) is 9.05. The normalized spacial score (nSPS) is 17.6. The molecule has 2 unspecified atom stereocenters. The largest absolute Gasteiger partial charge is 0.446 e. The minimum atomic E-state index is -4.99. The summed E-state index contributed by atoms with van der Waals surface area (Å²) >= 11 is 0. The van der Waals surface area contributed by atoms with Gasteiger partial charge in [-0.15, -0.1) is 5.10 Å². The number of anilines is 2. The van der Waals surface area contributed by atoms with Crippen molar-refractivity contribution in [3.8, 4) is 0 Å². The number of nitrogens with zero attached hydrogens (tertiary/aromatic N) is 5. The Bertz CT molecular complexity index is 1490. The molecule has 2 atom stereocenters. The molecule has 0 radical (unpaired) electrons. The zero-order chi connectivity index (χ0) is 32.7. The Hall–Kier alpha value is -3.84. The molecule has 5 rings (SSSR count). The Morgan fingerprint density at radius 1 is 1.07 bits per heavy atom. The molecular formula is C31H36F6N6O2. The summed E-state index contributed by atoms with van der Waals surface area (Å²) < 4.78 is 88.4. The molecule has 2 aromatic carbocycles. The van der Waals surface area contributed by atoms with E-state index in [2.05, 4.69) is 20.6 Å². The molecule has 1 aliphatic carbocycles. The number of benzene rings is 2. The molecule has 2 heterocycles. The number of hydrogen-bond donors (Lipinski definition) is 1. The first-order valence-corrected chi connectivity index (χ1v) is 15.1. The zero-order valence-corrected chi connectivity index (χ0v) is 25.5. The molecule has 0 saturated carbocycles. The number of carbonyl (C=O) groups excluding carboxylic acids is 1. The Morgan fingerprint density at radius 3 is 2.33 bits per heavy atom. The number of aromatic nitrogens is 4. The number of fused-ring (bicyclic) bond motifs is 2. The van der Waals surface area contributed by atoms with E-state index in [1.54, 1.807) is 9.80 Å². The lowest BCUT2D eigenvalue weighted by Crippen LogP contribution is -2.37. The first kappa shape index (κ1) is 32.6. The summed E-state index contributed by atoms with van der Waals surface area (Å²) in [6, 6.07) is 2.96. The molecule has 1 amide bonds. The molecule has 2 aliphatic rings. The molecule has 1 N–H and O–H groups in total. The molecule has 244 valence electrons. The highest BCUT2D eigenvalue weighted by atomic mass is 19.4. The van der Waals surface area contributed by atoms with Gasteiger partial charge >= 0.3 is 18.4 Å². The predicted molar refractivity (Wildman–Crippen MR) is 155 cm³/mol. The van der Waals surface area contributed by atoms with Crippen LogP contribution < -0.4 is 9.80 Å². The Morgan fingerprint density at radius 2 is 1.76 bits per heavy atom. The highest BCUT2D eigenvalue weighted by Crippen LogP contribution is 2.45. The van der Waals surface area contributed by atoms with E-state index in [-0.39, 0.29) is 36.1 Å². The van der Waals surface area contributed by atoms with Gasteiger partial charge in [-0.1, -0.05) is 31.9 Å². The molecule has 8 nitrogen and oxygen atoms in total. The number of H-pyrrole nitrogens is 1. The van der Waals surface area contributed by atoms with Gasteiger partial charge < -0.3 is 9.64 Å². The number of halogens is 6. The summed E-state index contributed by atoms with van der Waals surface area (Å²) in [5.41, 5.74) is 1.49. The maximum Gasteiger partial charge on any atom is 0.416 e. The van der Waals surface area contributed by atoms with Gasteiger partial charge in [0.05, 0.1) is 22.9 Å². The van der Waals surface area contributed by atoms with Gasteiger partial charge in [-0.2, -0.15) is 31.6 Å². The second-order valence-electron chi connectivity index (χ2n) is 12.1. The van der Waals surface area contributed by atoms with Gasteiger partial charge in [0.2, 0.25) is 0 Å². The van der Waals surface area contributed by atoms with Crippen molar-refractivity contribution < 1.29 is 35.9 Å². The lowest BCUT2D eigenvalue weighted by molar-refractivity contribution is -0.143. The summed E-state index contributed by atoms with van der Waals surface area (Å²) in [5, 5.41) is 14.1. The van der Waals surface area contributed by atoms with Crippen LogP contribution in [0.25, 0.3) is 0 Å². The fourth-order valence-corrected chi connectivity index (χ4v) is 6.59. The Balaban J connectivity index is 1.63. The first-order chi connectivity index (χ1) is 21.2. The third-order valence-corrected chi connectivity index (χ3v) is 8.75. The van der Waals surface area contributed by atoms with Gasteiger partial charge in [0.25, 0.3) is 5.95 Å². The van der Waals surface area contributed by atoms with Crippen LogP contribution in [-0.2, 0) is 36.5 Å². The minimum absolute atomic E-state index is 0.0111. The fraction of sp³-hybridized carbons (Fsp3) is 0.548. The number of nitrogens with one attached hydrogen (secondary N) is 1. The number of hydrogen-bond acceptors (Lipinski definition) is 6. The molecular weight excluding hydrogens is 602 g/mol. The van der Waals surface area contributed by atoms with E-state index in [1.807, 2.05) is 33.8 Å². The standard InChI is InChI=1S/C31H36F6N6O2/c1-5-26(17(2)3)45-29(44)42-11-7-10-25(24-14-20-8-6-9-23(20)18(4)27(24)42)43(28-38-40-41-39-28)16-19-12-21(30(32,33)34)15-22(13-19)31(35,36)37/h12-15,17,25-26H,5-11,16H2,1-4H3,(H,38,39,40,41). The predicted octanol–water partition coefficient (Wildman–Crippen LogP) is 7.95. The smallest absolute Gasteiger partial charge is 0.416 e. The molecule has 1 aromatic heterocycles. The summed E-state index contributed by atoms with van der Waals surface area (Å²) in [7, 11) is 0. The van der Waals surface area contributed by atoms with Crippen molar-refractivity contribution in [3.63, 3.8) is 0 Å². The van der Waals surface area contributed by atoms with Gasteiger partial charge in [0.1, 0.15) is 6.10 Å². The summed E-state index contributed by atoms with van der Waals surface area (Å²) in [4.78, 5) is 16.9. The zero-order valence-electron chi connectivity index (χ0n) is 25.5. The lowest BCUT2D eigenvalue weighted by atomic mass is 9.91. The lowest BCUT2D eigenvalue weighted by Gasteiger charge is -2.34. The summed E-state index contributed by atoms with van der Waals surface area (Å²) in [6.45, 7) is 7.80. The number of aromatic amines is 1. The Labute approximate surface area is 257 Å². The monoisotopic (exact) mass is 638 g/mol. The number of tetrazole rings is 1. The second kappa shape index (κ2) is 12.5. The van der Waals surface area contributed by atoms with Crippen molar-refractivity contribution in [3.05, 3.63) is 63.2 Å². The molecule has 0 fully saturated rings. The SMILES string of the molecule is CCC(OC(=O)N1CCCC(N(Cc2cc(C(F)(F)F)cc(C(F)(F)F)c2)c2nn[nH]n2)c2cc3c(c(C)c21)CCC3)C(C)C. The van der Waals surface area contributed by atoms with Crippen molar-refractivity contribution in [2.45, 2.75) is 97.3 Å². The molecule has 14 heteroatoms. The van der Waals surface area contributed by atoms with Crippen LogP contribution in [0.15, 0.2) is 24.3 Å². The van der Waals surface area contributed by atoms with Crippen molar-refractivity contribution in [1.29, 1.82) is 0 Å². The van der Waals surface area contributed by atoms with E-state index in [1.165, 1.54) is 0 Å². The maximum absolute atomic E-state index is 13.7. The molecule has 0 bridgehead atoms. The average Bonchev–Trinajstić information content (AvgIpc) is 3.63. The van der Waals surface area contributed by atoms with Crippen LogP contribution in [0.1, 0.15) is 91.4 Å². The summed E-state index contributed by atoms with van der Waals surface area (Å²) in [5.74, 6) is 0.110. The third-order valence-electron chi connectivity index (χ3n) is 8.75. The minimum Gasteiger partial charge on any atom is -0.446 e. The number of alkyl halides is 6. The first-order valence-electron chi connectivity index (χ1n) is 15.1. The van der Waals surface area contributed by atoms with Crippen molar-refractivity contribution in [2.24, 2.45) is 5.92 Å². The van der Waals surface area contributed by atoms with Crippen LogP contribution in [0, 0.1) is 12.8 Å². The molecule has 1 aliphatic heterocycles. The average molecular weight is 639 g/mol. The second-order valence-corrected chi connectivity index (χ2v) is 12.1. The van der Waals surface area contributed by atoms with Crippen molar-refractivity contribution >= 4 is 17.7 Å². The quantitative estimate of drug-likeness (QED) is 0.264. The van der Waals surface area contributed by atoms with Gasteiger partial charge in [0, 0.05) is 13.1 Å². The molecule has 0 spiro atoms.